The van der Waals surface area contributed by atoms with Gasteiger partial charge in [-0.25, -0.2) is 4.98 Å². The second kappa shape index (κ2) is 8.48. The van der Waals surface area contributed by atoms with E-state index in [9.17, 15) is 9.59 Å². The molecule has 7 heteroatoms. The van der Waals surface area contributed by atoms with E-state index in [2.05, 4.69) is 10.3 Å². The van der Waals surface area contributed by atoms with E-state index in [0.717, 1.165) is 16.8 Å². The lowest BCUT2D eigenvalue weighted by Crippen LogP contribution is -2.48. The number of hydrogen-bond donors (Lipinski definition) is 1. The van der Waals surface area contributed by atoms with Crippen LogP contribution in [0.4, 0.5) is 0 Å². The molecule has 0 unspecified atom stereocenters. The normalized spacial score (nSPS) is 13.7. The van der Waals surface area contributed by atoms with E-state index in [4.69, 9.17) is 11.6 Å². The summed E-state index contributed by atoms with van der Waals surface area (Å²) in [6.07, 6.45) is 5.56. The van der Waals surface area contributed by atoms with Gasteiger partial charge in [-0.15, -0.1) is 0 Å². The van der Waals surface area contributed by atoms with Crippen LogP contribution in [-0.4, -0.2) is 39.2 Å². The molecule has 0 atom stereocenters. The van der Waals surface area contributed by atoms with Crippen LogP contribution in [0, 0.1) is 0 Å². The minimum absolute atomic E-state index is 0.0162. The molecule has 0 bridgehead atoms. The highest BCUT2D eigenvalue weighted by atomic mass is 35.5. The molecule has 1 saturated heterocycles. The number of carbonyl (C=O) groups is 2. The Labute approximate surface area is 190 Å². The van der Waals surface area contributed by atoms with Crippen LogP contribution in [0.5, 0.6) is 0 Å². The van der Waals surface area contributed by atoms with Crippen LogP contribution in [0.1, 0.15) is 37.8 Å². The Morgan fingerprint density at radius 1 is 0.969 bits per heavy atom. The van der Waals surface area contributed by atoms with Crippen molar-refractivity contribution in [2.45, 2.75) is 12.5 Å². The summed E-state index contributed by atoms with van der Waals surface area (Å²) in [7, 11) is 0. The van der Waals surface area contributed by atoms with Crippen molar-refractivity contribution in [3.05, 3.63) is 107 Å². The lowest BCUT2D eigenvalue weighted by atomic mass is 9.90. The zero-order valence-electron chi connectivity index (χ0n) is 17.2. The number of carbonyl (C=O) groups excluding carboxylic acids is 2. The molecule has 0 saturated carbocycles. The zero-order chi connectivity index (χ0) is 22.1. The summed E-state index contributed by atoms with van der Waals surface area (Å²) in [5.74, 6) is 0.181. The number of aromatic nitrogens is 2. The number of pyridine rings is 1. The van der Waals surface area contributed by atoms with Gasteiger partial charge in [0.2, 0.25) is 0 Å². The molecule has 6 nitrogen and oxygen atoms in total. The number of benzene rings is 2. The number of hydrogen-bond acceptors (Lipinski definition) is 3. The molecular formula is C25H21ClN4O2. The number of nitrogens with one attached hydrogen (secondary N) is 1. The number of halogens is 1. The molecule has 0 spiro atoms. The van der Waals surface area contributed by atoms with Gasteiger partial charge in [0, 0.05) is 60.3 Å². The van der Waals surface area contributed by atoms with Gasteiger partial charge in [-0.3, -0.25) is 9.59 Å². The fraction of sp³-hybridized carbons (Fsp3) is 0.160. The fourth-order valence-corrected chi connectivity index (χ4v) is 4.01. The third kappa shape index (κ3) is 4.09. The third-order valence-corrected chi connectivity index (χ3v) is 6.07. The number of rotatable bonds is 5. The van der Waals surface area contributed by atoms with Crippen molar-refractivity contribution < 1.29 is 9.59 Å². The molecular weight excluding hydrogens is 424 g/mol. The SMILES string of the molecule is O=C(NCc1ccn2ccnc2c1)c1ccc(C2CN(C(=O)c3ccc(Cl)cc3)C2)cc1. The van der Waals surface area contributed by atoms with Crippen LogP contribution in [0.2, 0.25) is 5.02 Å². The average molecular weight is 445 g/mol. The van der Waals surface area contributed by atoms with Gasteiger partial charge in [0.15, 0.2) is 0 Å². The van der Waals surface area contributed by atoms with E-state index in [0.29, 0.717) is 35.8 Å². The summed E-state index contributed by atoms with van der Waals surface area (Å²) >= 11 is 5.89. The Morgan fingerprint density at radius 2 is 1.69 bits per heavy atom. The predicted molar refractivity (Wildman–Crippen MR) is 123 cm³/mol. The molecule has 1 fully saturated rings. The first-order valence-corrected chi connectivity index (χ1v) is 10.8. The maximum Gasteiger partial charge on any atom is 0.253 e. The van der Waals surface area contributed by atoms with Gasteiger partial charge < -0.3 is 14.6 Å². The van der Waals surface area contributed by atoms with Crippen molar-refractivity contribution in [2.24, 2.45) is 0 Å². The summed E-state index contributed by atoms with van der Waals surface area (Å²) in [6, 6.07) is 18.5. The van der Waals surface area contributed by atoms with Crippen molar-refractivity contribution in [3.63, 3.8) is 0 Å². The molecule has 1 N–H and O–H groups in total. The molecule has 2 aromatic heterocycles. The van der Waals surface area contributed by atoms with E-state index in [1.165, 1.54) is 0 Å². The minimum Gasteiger partial charge on any atom is -0.348 e. The monoisotopic (exact) mass is 444 g/mol. The number of fused-ring (bicyclic) bond motifs is 1. The van der Waals surface area contributed by atoms with E-state index in [1.54, 1.807) is 30.5 Å². The Balaban J connectivity index is 1.15. The molecule has 32 heavy (non-hydrogen) atoms. The number of imidazole rings is 1. The fourth-order valence-electron chi connectivity index (χ4n) is 3.88. The molecule has 1 aliphatic rings. The summed E-state index contributed by atoms with van der Waals surface area (Å²) < 4.78 is 1.93. The molecule has 1 aliphatic heterocycles. The van der Waals surface area contributed by atoms with Gasteiger partial charge in [0.1, 0.15) is 5.65 Å². The Bertz CT molecular complexity index is 1280. The quantitative estimate of drug-likeness (QED) is 0.502. The van der Waals surface area contributed by atoms with Crippen molar-refractivity contribution in [1.82, 2.24) is 19.6 Å². The van der Waals surface area contributed by atoms with Crippen LogP contribution < -0.4 is 5.32 Å². The van der Waals surface area contributed by atoms with Gasteiger partial charge in [-0.2, -0.15) is 0 Å². The Morgan fingerprint density at radius 3 is 2.44 bits per heavy atom. The maximum atomic E-state index is 12.5. The first-order valence-electron chi connectivity index (χ1n) is 10.4. The highest BCUT2D eigenvalue weighted by Crippen LogP contribution is 2.28. The first kappa shape index (κ1) is 20.3. The summed E-state index contributed by atoms with van der Waals surface area (Å²) in [6.45, 7) is 1.78. The van der Waals surface area contributed by atoms with E-state index >= 15 is 0 Å². The molecule has 4 aromatic rings. The molecule has 5 rings (SSSR count). The molecule has 2 amide bonds. The maximum absolute atomic E-state index is 12.5. The second-order valence-corrected chi connectivity index (χ2v) is 8.38. The summed E-state index contributed by atoms with van der Waals surface area (Å²) in [4.78, 5) is 31.1. The molecule has 0 aliphatic carbocycles. The lowest BCUT2D eigenvalue weighted by Gasteiger charge is -2.39. The highest BCUT2D eigenvalue weighted by molar-refractivity contribution is 6.30. The summed E-state index contributed by atoms with van der Waals surface area (Å²) in [5, 5.41) is 3.57. The van der Waals surface area contributed by atoms with Crippen molar-refractivity contribution in [1.29, 1.82) is 0 Å². The first-order chi connectivity index (χ1) is 15.6. The van der Waals surface area contributed by atoms with Gasteiger partial charge in [-0.05, 0) is 59.7 Å². The van der Waals surface area contributed by atoms with Crippen LogP contribution in [0.25, 0.3) is 5.65 Å². The van der Waals surface area contributed by atoms with Crippen molar-refractivity contribution >= 4 is 29.1 Å². The predicted octanol–water partition coefficient (Wildman–Crippen LogP) is 4.16. The van der Waals surface area contributed by atoms with E-state index in [1.807, 2.05) is 58.1 Å². The number of likely N-dealkylation sites (tertiary alicyclic amines) is 1. The van der Waals surface area contributed by atoms with Crippen molar-refractivity contribution in [3.8, 4) is 0 Å². The molecule has 2 aromatic carbocycles. The van der Waals surface area contributed by atoms with Crippen LogP contribution >= 0.6 is 11.6 Å². The molecule has 0 radical (unpaired) electrons. The molecule has 160 valence electrons. The van der Waals surface area contributed by atoms with Crippen LogP contribution in [-0.2, 0) is 6.54 Å². The Hall–Kier alpha value is -3.64. The van der Waals surface area contributed by atoms with Gasteiger partial charge >= 0.3 is 0 Å². The standard InChI is InChI=1S/C25H21ClN4O2/c26-22-7-5-20(6-8-22)25(32)30-15-21(16-30)18-1-3-19(4-2-18)24(31)28-14-17-9-11-29-12-10-27-23(29)13-17/h1-13,21H,14-16H2,(H,28,31). The van der Waals surface area contributed by atoms with Crippen molar-refractivity contribution in [2.75, 3.05) is 13.1 Å². The summed E-state index contributed by atoms with van der Waals surface area (Å²) in [5.41, 5.74) is 4.24. The second-order valence-electron chi connectivity index (χ2n) is 7.95. The van der Waals surface area contributed by atoms with Crippen LogP contribution in [0.15, 0.2) is 79.3 Å². The zero-order valence-corrected chi connectivity index (χ0v) is 18.0. The lowest BCUT2D eigenvalue weighted by molar-refractivity contribution is 0.0602. The average Bonchev–Trinajstić information content (AvgIpc) is 3.25. The smallest absolute Gasteiger partial charge is 0.253 e. The van der Waals surface area contributed by atoms with Gasteiger partial charge in [0.05, 0.1) is 0 Å². The Kier molecular flexibility index (Phi) is 5.37. The molecule has 3 heterocycles. The van der Waals surface area contributed by atoms with E-state index < -0.39 is 0 Å². The number of nitrogens with zero attached hydrogens (tertiary/aromatic N) is 3. The topological polar surface area (TPSA) is 66.7 Å². The van der Waals surface area contributed by atoms with Gasteiger partial charge in [0.25, 0.3) is 11.8 Å². The third-order valence-electron chi connectivity index (χ3n) is 5.82. The van der Waals surface area contributed by atoms with E-state index in [-0.39, 0.29) is 17.7 Å². The largest absolute Gasteiger partial charge is 0.348 e. The number of amides is 2. The minimum atomic E-state index is -0.118. The van der Waals surface area contributed by atoms with Gasteiger partial charge in [-0.1, -0.05) is 23.7 Å². The van der Waals surface area contributed by atoms with Crippen LogP contribution in [0.3, 0.4) is 0 Å². The highest BCUT2D eigenvalue weighted by Gasteiger charge is 2.32.